The average Bonchev–Trinajstić information content (AvgIpc) is 3.61. The molecule has 0 fully saturated rings. The Labute approximate surface area is 307 Å². The molecule has 0 spiro atoms. The Morgan fingerprint density at radius 1 is 0.577 bits per heavy atom. The van der Waals surface area contributed by atoms with E-state index >= 15 is 0 Å². The molecule has 276 valence electrons. The number of rotatable bonds is 11. The zero-order chi connectivity index (χ0) is 36.8. The highest BCUT2D eigenvalue weighted by Gasteiger charge is 2.41. The number of hydrogen-bond acceptors (Lipinski definition) is 8. The lowest BCUT2D eigenvalue weighted by molar-refractivity contribution is -0.923. The second kappa shape index (κ2) is 14.0. The van der Waals surface area contributed by atoms with Gasteiger partial charge >= 0.3 is 0 Å². The van der Waals surface area contributed by atoms with Crippen molar-refractivity contribution in [1.29, 1.82) is 0 Å². The standard InChI is InChI=1S/C42H52N2O8/c1-43(2)19-17-30-32(24-38-42(40(30)48-8)51-25-50-38)33(43)20-26-10-13-28(14-11-26)52-36-22-27(12-15-35(36)45-5)21-34-31-23-37(46-6)41(49-9)39(47-7)29(31)16-18-44(34,3)4/h10-15,22-24,33-34H,16-21,25H2,1-9H3/q+2/t33-,34+/m1/s1. The molecule has 10 heteroatoms. The summed E-state index contributed by atoms with van der Waals surface area (Å²) in [5.74, 6) is 6.48. The third-order valence-corrected chi connectivity index (χ3v) is 11.4. The van der Waals surface area contributed by atoms with Crippen LogP contribution in [-0.4, -0.2) is 92.6 Å². The fourth-order valence-electron chi connectivity index (χ4n) is 8.40. The molecule has 7 rings (SSSR count). The van der Waals surface area contributed by atoms with Crippen molar-refractivity contribution in [2.45, 2.75) is 37.8 Å². The van der Waals surface area contributed by atoms with Gasteiger partial charge in [0.15, 0.2) is 34.5 Å². The van der Waals surface area contributed by atoms with Gasteiger partial charge in [0, 0.05) is 47.9 Å². The van der Waals surface area contributed by atoms with Crippen molar-refractivity contribution in [2.75, 3.05) is 83.6 Å². The first-order valence-corrected chi connectivity index (χ1v) is 17.9. The van der Waals surface area contributed by atoms with Gasteiger partial charge in [-0.15, -0.1) is 0 Å². The summed E-state index contributed by atoms with van der Waals surface area (Å²) in [7, 11) is 17.6. The number of ether oxygens (including phenoxy) is 8. The minimum Gasteiger partial charge on any atom is -0.493 e. The van der Waals surface area contributed by atoms with Crippen molar-refractivity contribution < 1.29 is 46.9 Å². The number of nitrogens with zero attached hydrogens (tertiary/aromatic N) is 2. The van der Waals surface area contributed by atoms with Gasteiger partial charge in [-0.05, 0) is 47.5 Å². The second-order valence-electron chi connectivity index (χ2n) is 15.1. The van der Waals surface area contributed by atoms with Gasteiger partial charge in [0.2, 0.25) is 18.3 Å². The summed E-state index contributed by atoms with van der Waals surface area (Å²) in [4.78, 5) is 0. The molecule has 2 atom stereocenters. The summed E-state index contributed by atoms with van der Waals surface area (Å²) in [5, 5.41) is 0. The van der Waals surface area contributed by atoms with E-state index in [1.165, 1.54) is 27.8 Å². The number of fused-ring (bicyclic) bond motifs is 3. The molecule has 3 heterocycles. The van der Waals surface area contributed by atoms with Crippen LogP contribution >= 0.6 is 0 Å². The zero-order valence-corrected chi connectivity index (χ0v) is 32.0. The number of likely N-dealkylation sites (N-methyl/N-ethyl adjacent to an activating group) is 2. The highest BCUT2D eigenvalue weighted by atomic mass is 16.7. The van der Waals surface area contributed by atoms with Gasteiger partial charge in [-0.2, -0.15) is 0 Å². The highest BCUT2D eigenvalue weighted by Crippen LogP contribution is 2.51. The van der Waals surface area contributed by atoms with E-state index in [2.05, 4.69) is 76.7 Å². The van der Waals surface area contributed by atoms with E-state index in [1.54, 1.807) is 35.5 Å². The van der Waals surface area contributed by atoms with Crippen molar-refractivity contribution in [2.24, 2.45) is 0 Å². The number of hydrogen-bond donors (Lipinski definition) is 0. The van der Waals surface area contributed by atoms with Crippen LogP contribution in [0.4, 0.5) is 0 Å². The summed E-state index contributed by atoms with van der Waals surface area (Å²) < 4.78 is 48.8. The monoisotopic (exact) mass is 712 g/mol. The normalized spacial score (nSPS) is 19.2. The Hall–Kier alpha value is -4.80. The predicted octanol–water partition coefficient (Wildman–Crippen LogP) is 7.08. The third kappa shape index (κ3) is 6.32. The third-order valence-electron chi connectivity index (χ3n) is 11.4. The highest BCUT2D eigenvalue weighted by molar-refractivity contribution is 5.62. The molecular formula is C42H52N2O8+2. The SMILES string of the molecule is COc1ccc(C[C@H]2c3cc(OC)c(OC)c(OC)c3CC[N+]2(C)C)cc1Oc1ccc(C[C@@H]2c3cc4c(c(OC)c3CC[N+]2(C)C)OCO4)cc1. The number of quaternary nitrogens is 2. The van der Waals surface area contributed by atoms with Crippen LogP contribution in [0.5, 0.6) is 51.7 Å². The van der Waals surface area contributed by atoms with Crippen LogP contribution < -0.4 is 37.9 Å². The smallest absolute Gasteiger partial charge is 0.231 e. The molecule has 0 bridgehead atoms. The Morgan fingerprint density at radius 2 is 1.15 bits per heavy atom. The molecule has 0 unspecified atom stereocenters. The molecular weight excluding hydrogens is 660 g/mol. The van der Waals surface area contributed by atoms with Gasteiger partial charge in [0.05, 0.1) is 76.8 Å². The van der Waals surface area contributed by atoms with Crippen LogP contribution in [0.25, 0.3) is 0 Å². The van der Waals surface area contributed by atoms with Crippen LogP contribution in [0, 0.1) is 0 Å². The summed E-state index contributed by atoms with van der Waals surface area (Å²) in [6.45, 7) is 2.19. The first-order chi connectivity index (χ1) is 25.0. The van der Waals surface area contributed by atoms with E-state index in [4.69, 9.17) is 37.9 Å². The summed E-state index contributed by atoms with van der Waals surface area (Å²) in [5.41, 5.74) is 7.25. The fourth-order valence-corrected chi connectivity index (χ4v) is 8.40. The molecule has 0 radical (unpaired) electrons. The van der Waals surface area contributed by atoms with Crippen LogP contribution in [0.2, 0.25) is 0 Å². The van der Waals surface area contributed by atoms with E-state index in [0.29, 0.717) is 23.0 Å². The summed E-state index contributed by atoms with van der Waals surface area (Å²) in [6, 6.07) is 19.3. The average molecular weight is 713 g/mol. The maximum absolute atomic E-state index is 6.54. The maximum atomic E-state index is 6.54. The molecule has 0 N–H and O–H groups in total. The second-order valence-corrected chi connectivity index (χ2v) is 15.1. The van der Waals surface area contributed by atoms with Gasteiger partial charge in [-0.25, -0.2) is 0 Å². The van der Waals surface area contributed by atoms with E-state index < -0.39 is 0 Å². The summed E-state index contributed by atoms with van der Waals surface area (Å²) in [6.07, 6.45) is 3.46. The quantitative estimate of drug-likeness (QED) is 0.153. The Kier molecular flexibility index (Phi) is 9.56. The molecule has 4 aromatic carbocycles. The molecule has 0 saturated carbocycles. The molecule has 0 amide bonds. The topological polar surface area (TPSA) is 73.8 Å². The van der Waals surface area contributed by atoms with E-state index in [1.807, 2.05) is 6.07 Å². The van der Waals surface area contributed by atoms with Crippen molar-refractivity contribution in [3.05, 3.63) is 88.0 Å². The minimum atomic E-state index is 0.158. The molecule has 10 nitrogen and oxygen atoms in total. The van der Waals surface area contributed by atoms with Gasteiger partial charge < -0.3 is 46.9 Å². The van der Waals surface area contributed by atoms with E-state index in [9.17, 15) is 0 Å². The van der Waals surface area contributed by atoms with E-state index in [-0.39, 0.29) is 18.9 Å². The van der Waals surface area contributed by atoms with Crippen LogP contribution in [0.15, 0.2) is 54.6 Å². The lowest BCUT2D eigenvalue weighted by atomic mass is 9.86. The first kappa shape index (κ1) is 35.6. The van der Waals surface area contributed by atoms with Crippen molar-refractivity contribution in [3.8, 4) is 51.7 Å². The summed E-state index contributed by atoms with van der Waals surface area (Å²) >= 11 is 0. The van der Waals surface area contributed by atoms with Crippen LogP contribution in [0.1, 0.15) is 45.5 Å². The lowest BCUT2D eigenvalue weighted by Crippen LogP contribution is -2.48. The van der Waals surface area contributed by atoms with Gasteiger partial charge in [-0.3, -0.25) is 0 Å². The Balaban J connectivity index is 1.14. The van der Waals surface area contributed by atoms with Crippen molar-refractivity contribution in [3.63, 3.8) is 0 Å². The van der Waals surface area contributed by atoms with Gasteiger partial charge in [-0.1, -0.05) is 18.2 Å². The lowest BCUT2D eigenvalue weighted by Gasteiger charge is -2.43. The van der Waals surface area contributed by atoms with Gasteiger partial charge in [0.1, 0.15) is 17.8 Å². The van der Waals surface area contributed by atoms with Crippen molar-refractivity contribution in [1.82, 2.24) is 0 Å². The number of benzene rings is 4. The molecule has 3 aliphatic rings. The molecule has 3 aliphatic heterocycles. The van der Waals surface area contributed by atoms with Crippen LogP contribution in [0.3, 0.4) is 0 Å². The Bertz CT molecular complexity index is 1960. The fraction of sp³-hybridized carbons (Fsp3) is 0.429. The molecule has 52 heavy (non-hydrogen) atoms. The molecule has 0 aromatic heterocycles. The van der Waals surface area contributed by atoms with E-state index in [0.717, 1.165) is 82.0 Å². The molecule has 0 aliphatic carbocycles. The Morgan fingerprint density at radius 3 is 1.77 bits per heavy atom. The predicted molar refractivity (Wildman–Crippen MR) is 199 cm³/mol. The largest absolute Gasteiger partial charge is 0.493 e. The number of methoxy groups -OCH3 is 5. The first-order valence-electron chi connectivity index (χ1n) is 17.9. The molecule has 4 aromatic rings. The molecule has 0 saturated heterocycles. The van der Waals surface area contributed by atoms with Gasteiger partial charge in [0.25, 0.3) is 0 Å². The zero-order valence-electron chi connectivity index (χ0n) is 32.0. The maximum Gasteiger partial charge on any atom is 0.231 e. The van der Waals surface area contributed by atoms with Crippen LogP contribution in [-0.2, 0) is 25.7 Å². The minimum absolute atomic E-state index is 0.158. The van der Waals surface area contributed by atoms with Crippen molar-refractivity contribution >= 4 is 0 Å².